The monoisotopic (exact) mass is 267 g/mol. The SMILES string of the molecule is CCNC(CC)c1ccc(OCC(O)COC)cc1. The third kappa shape index (κ3) is 5.59. The number of methoxy groups -OCH3 is 1. The normalized spacial score (nSPS) is 14.1. The van der Waals surface area contributed by atoms with Gasteiger partial charge in [-0.1, -0.05) is 26.0 Å². The fourth-order valence-electron chi connectivity index (χ4n) is 1.97. The maximum Gasteiger partial charge on any atom is 0.119 e. The Morgan fingerprint density at radius 2 is 1.84 bits per heavy atom. The first-order valence-corrected chi connectivity index (χ1v) is 6.84. The van der Waals surface area contributed by atoms with Crippen LogP contribution in [-0.2, 0) is 4.74 Å². The Morgan fingerprint density at radius 1 is 1.16 bits per heavy atom. The van der Waals surface area contributed by atoms with Crippen molar-refractivity contribution in [1.82, 2.24) is 5.32 Å². The minimum atomic E-state index is -0.588. The molecule has 0 fully saturated rings. The molecule has 1 rings (SSSR count). The van der Waals surface area contributed by atoms with Crippen LogP contribution >= 0.6 is 0 Å². The third-order valence-corrected chi connectivity index (χ3v) is 2.94. The Balaban J connectivity index is 2.51. The van der Waals surface area contributed by atoms with Gasteiger partial charge in [-0.3, -0.25) is 0 Å². The van der Waals surface area contributed by atoms with Crippen molar-refractivity contribution < 1.29 is 14.6 Å². The van der Waals surface area contributed by atoms with E-state index in [0.29, 0.717) is 6.04 Å². The molecular weight excluding hydrogens is 242 g/mol. The molecule has 0 aliphatic carbocycles. The molecule has 108 valence electrons. The first-order chi connectivity index (χ1) is 9.21. The number of ether oxygens (including phenoxy) is 2. The second-order valence-electron chi connectivity index (χ2n) is 4.51. The van der Waals surface area contributed by atoms with Crippen LogP contribution in [0, 0.1) is 0 Å². The molecule has 0 aliphatic rings. The van der Waals surface area contributed by atoms with Crippen molar-refractivity contribution in [3.8, 4) is 5.75 Å². The van der Waals surface area contributed by atoms with E-state index < -0.39 is 6.10 Å². The molecule has 2 atom stereocenters. The molecule has 0 saturated carbocycles. The Bertz CT molecular complexity index is 340. The van der Waals surface area contributed by atoms with Gasteiger partial charge in [0.2, 0.25) is 0 Å². The van der Waals surface area contributed by atoms with E-state index in [9.17, 15) is 5.11 Å². The van der Waals surface area contributed by atoms with Crippen LogP contribution in [0.1, 0.15) is 31.9 Å². The number of hydrogen-bond donors (Lipinski definition) is 2. The highest BCUT2D eigenvalue weighted by molar-refractivity contribution is 5.29. The molecule has 2 N–H and O–H groups in total. The maximum absolute atomic E-state index is 9.50. The Labute approximate surface area is 115 Å². The van der Waals surface area contributed by atoms with Gasteiger partial charge >= 0.3 is 0 Å². The fraction of sp³-hybridized carbons (Fsp3) is 0.600. The van der Waals surface area contributed by atoms with E-state index in [1.165, 1.54) is 5.56 Å². The van der Waals surface area contributed by atoms with Gasteiger partial charge in [-0.25, -0.2) is 0 Å². The lowest BCUT2D eigenvalue weighted by molar-refractivity contribution is 0.0325. The molecule has 19 heavy (non-hydrogen) atoms. The molecule has 0 radical (unpaired) electrons. The highest BCUT2D eigenvalue weighted by Gasteiger charge is 2.08. The van der Waals surface area contributed by atoms with Crippen molar-refractivity contribution in [1.29, 1.82) is 0 Å². The lowest BCUT2D eigenvalue weighted by Gasteiger charge is -2.17. The second kappa shape index (κ2) is 8.91. The van der Waals surface area contributed by atoms with Crippen LogP contribution in [0.2, 0.25) is 0 Å². The minimum absolute atomic E-state index is 0.248. The van der Waals surface area contributed by atoms with Crippen LogP contribution in [0.5, 0.6) is 5.75 Å². The van der Waals surface area contributed by atoms with Gasteiger partial charge in [-0.2, -0.15) is 0 Å². The summed E-state index contributed by atoms with van der Waals surface area (Å²) >= 11 is 0. The Morgan fingerprint density at radius 3 is 2.37 bits per heavy atom. The number of hydrogen-bond acceptors (Lipinski definition) is 4. The number of aliphatic hydroxyl groups excluding tert-OH is 1. The molecule has 0 heterocycles. The van der Waals surface area contributed by atoms with Gasteiger partial charge in [0.1, 0.15) is 18.5 Å². The number of aliphatic hydroxyl groups is 1. The molecule has 4 nitrogen and oxygen atoms in total. The number of nitrogens with one attached hydrogen (secondary N) is 1. The molecule has 1 aromatic rings. The van der Waals surface area contributed by atoms with Crippen LogP contribution in [0.3, 0.4) is 0 Å². The molecule has 2 unspecified atom stereocenters. The Kier molecular flexibility index (Phi) is 7.48. The Hall–Kier alpha value is -1.10. The van der Waals surface area contributed by atoms with Crippen molar-refractivity contribution in [2.45, 2.75) is 32.4 Å². The predicted molar refractivity (Wildman–Crippen MR) is 76.5 cm³/mol. The highest BCUT2D eigenvalue weighted by Crippen LogP contribution is 2.20. The average molecular weight is 267 g/mol. The zero-order chi connectivity index (χ0) is 14.1. The van der Waals surface area contributed by atoms with E-state index in [2.05, 4.69) is 31.3 Å². The molecule has 0 saturated heterocycles. The molecule has 0 bridgehead atoms. The van der Waals surface area contributed by atoms with Gasteiger partial charge in [-0.05, 0) is 30.7 Å². The summed E-state index contributed by atoms with van der Waals surface area (Å²) in [4.78, 5) is 0. The third-order valence-electron chi connectivity index (χ3n) is 2.94. The van der Waals surface area contributed by atoms with Gasteiger partial charge in [0.15, 0.2) is 0 Å². The summed E-state index contributed by atoms with van der Waals surface area (Å²) in [5.41, 5.74) is 1.26. The van der Waals surface area contributed by atoms with E-state index in [1.807, 2.05) is 12.1 Å². The number of rotatable bonds is 9. The fourth-order valence-corrected chi connectivity index (χ4v) is 1.97. The van der Waals surface area contributed by atoms with Crippen molar-refractivity contribution in [2.24, 2.45) is 0 Å². The standard InChI is InChI=1S/C15H25NO3/c1-4-15(16-5-2)12-6-8-14(9-7-12)19-11-13(17)10-18-3/h6-9,13,15-17H,4-5,10-11H2,1-3H3. The predicted octanol–water partition coefficient (Wildman–Crippen LogP) is 2.13. The number of benzene rings is 1. The van der Waals surface area contributed by atoms with Crippen LogP contribution in [-0.4, -0.2) is 38.1 Å². The summed E-state index contributed by atoms with van der Waals surface area (Å²) in [5, 5.41) is 12.9. The van der Waals surface area contributed by atoms with E-state index >= 15 is 0 Å². The zero-order valence-electron chi connectivity index (χ0n) is 12.1. The van der Waals surface area contributed by atoms with Gasteiger partial charge in [0, 0.05) is 13.2 Å². The minimum Gasteiger partial charge on any atom is -0.491 e. The van der Waals surface area contributed by atoms with Gasteiger partial charge in [-0.15, -0.1) is 0 Å². The van der Waals surface area contributed by atoms with E-state index in [4.69, 9.17) is 9.47 Å². The molecular formula is C15H25NO3. The van der Waals surface area contributed by atoms with Crippen LogP contribution < -0.4 is 10.1 Å². The molecule has 0 spiro atoms. The summed E-state index contributed by atoms with van der Waals surface area (Å²) in [6, 6.07) is 8.39. The summed E-state index contributed by atoms with van der Waals surface area (Å²) < 4.78 is 10.3. The van der Waals surface area contributed by atoms with Crippen LogP contribution in [0.15, 0.2) is 24.3 Å². The zero-order valence-corrected chi connectivity index (χ0v) is 12.1. The lowest BCUT2D eigenvalue weighted by Crippen LogP contribution is -2.22. The lowest BCUT2D eigenvalue weighted by atomic mass is 10.0. The topological polar surface area (TPSA) is 50.7 Å². The average Bonchev–Trinajstić information content (AvgIpc) is 2.43. The van der Waals surface area contributed by atoms with Crippen molar-refractivity contribution in [3.63, 3.8) is 0 Å². The maximum atomic E-state index is 9.50. The molecule has 0 aliphatic heterocycles. The summed E-state index contributed by atoms with van der Waals surface area (Å²) in [6.45, 7) is 5.77. The quantitative estimate of drug-likeness (QED) is 0.719. The van der Waals surface area contributed by atoms with E-state index in [1.54, 1.807) is 7.11 Å². The van der Waals surface area contributed by atoms with Crippen LogP contribution in [0.25, 0.3) is 0 Å². The van der Waals surface area contributed by atoms with Crippen LogP contribution in [0.4, 0.5) is 0 Å². The van der Waals surface area contributed by atoms with E-state index in [-0.39, 0.29) is 13.2 Å². The van der Waals surface area contributed by atoms with Crippen molar-refractivity contribution in [3.05, 3.63) is 29.8 Å². The van der Waals surface area contributed by atoms with Gasteiger partial charge in [0.05, 0.1) is 6.61 Å². The van der Waals surface area contributed by atoms with E-state index in [0.717, 1.165) is 18.7 Å². The first kappa shape index (κ1) is 16.0. The highest BCUT2D eigenvalue weighted by atomic mass is 16.5. The first-order valence-electron chi connectivity index (χ1n) is 6.84. The largest absolute Gasteiger partial charge is 0.491 e. The molecule has 1 aromatic carbocycles. The summed E-state index contributed by atoms with van der Waals surface area (Å²) in [6.07, 6.45) is 0.468. The smallest absolute Gasteiger partial charge is 0.119 e. The van der Waals surface area contributed by atoms with Crippen molar-refractivity contribution >= 4 is 0 Å². The summed E-state index contributed by atoms with van der Waals surface area (Å²) in [7, 11) is 1.56. The summed E-state index contributed by atoms with van der Waals surface area (Å²) in [5.74, 6) is 0.769. The van der Waals surface area contributed by atoms with Crippen molar-refractivity contribution in [2.75, 3.05) is 26.9 Å². The second-order valence-corrected chi connectivity index (χ2v) is 4.51. The molecule has 0 amide bonds. The molecule has 0 aromatic heterocycles. The molecule has 4 heteroatoms. The van der Waals surface area contributed by atoms with Gasteiger partial charge < -0.3 is 19.9 Å². The van der Waals surface area contributed by atoms with Gasteiger partial charge in [0.25, 0.3) is 0 Å².